The summed E-state index contributed by atoms with van der Waals surface area (Å²) in [7, 11) is 0. The summed E-state index contributed by atoms with van der Waals surface area (Å²) in [5.41, 5.74) is 0. The van der Waals surface area contributed by atoms with E-state index in [0.29, 0.717) is 12.3 Å². The topological polar surface area (TPSA) is 49.8 Å². The molecular weight excluding hydrogens is 310 g/mol. The summed E-state index contributed by atoms with van der Waals surface area (Å²) in [5, 5.41) is 9.03. The van der Waals surface area contributed by atoms with Crippen molar-refractivity contribution in [2.45, 2.75) is 25.3 Å². The molecule has 2 rings (SSSR count). The maximum Gasteiger partial charge on any atom is 0.260 e. The number of benzene rings is 1. The minimum absolute atomic E-state index is 0.000520. The Labute approximate surface area is 121 Å². The maximum atomic E-state index is 12.1. The molecule has 0 unspecified atom stereocenters. The van der Waals surface area contributed by atoms with Crippen LogP contribution in [0, 0.1) is 0 Å². The van der Waals surface area contributed by atoms with Gasteiger partial charge in [0.2, 0.25) is 0 Å². The first-order valence-electron chi connectivity index (χ1n) is 6.49. The fraction of sp³-hybridized carbons (Fsp3) is 0.500. The molecule has 1 fully saturated rings. The number of aliphatic hydroxyl groups is 1. The van der Waals surface area contributed by atoms with E-state index in [2.05, 4.69) is 15.9 Å². The highest BCUT2D eigenvalue weighted by Crippen LogP contribution is 2.24. The smallest absolute Gasteiger partial charge is 0.260 e. The molecule has 0 saturated heterocycles. The van der Waals surface area contributed by atoms with Crippen LogP contribution in [0.4, 0.5) is 0 Å². The van der Waals surface area contributed by atoms with Gasteiger partial charge in [-0.3, -0.25) is 4.79 Å². The third-order valence-electron chi connectivity index (χ3n) is 3.35. The number of carbonyl (C=O) groups excluding carboxylic acids is 1. The molecule has 1 aromatic rings. The van der Waals surface area contributed by atoms with Crippen molar-refractivity contribution in [3.05, 3.63) is 28.7 Å². The number of aliphatic hydroxyl groups excluding tert-OH is 1. The molecule has 0 aliphatic heterocycles. The zero-order chi connectivity index (χ0) is 13.7. The molecule has 1 amide bonds. The van der Waals surface area contributed by atoms with Crippen LogP contribution in [0.1, 0.15) is 19.3 Å². The molecule has 0 bridgehead atoms. The minimum Gasteiger partial charge on any atom is -0.484 e. The van der Waals surface area contributed by atoms with Gasteiger partial charge in [-0.05, 0) is 43.5 Å². The molecule has 0 spiro atoms. The zero-order valence-corrected chi connectivity index (χ0v) is 12.3. The Balaban J connectivity index is 1.86. The second kappa shape index (κ2) is 6.91. The van der Waals surface area contributed by atoms with E-state index in [4.69, 9.17) is 9.84 Å². The first-order chi connectivity index (χ1) is 9.20. The summed E-state index contributed by atoms with van der Waals surface area (Å²) in [6.45, 7) is 0.422. The van der Waals surface area contributed by atoms with Crippen LogP contribution in [0.2, 0.25) is 0 Å². The Morgan fingerprint density at radius 3 is 2.58 bits per heavy atom. The van der Waals surface area contributed by atoms with Crippen molar-refractivity contribution in [2.24, 2.45) is 0 Å². The second-order valence-corrected chi connectivity index (χ2v) is 5.55. The Hall–Kier alpha value is -1.07. The fourth-order valence-electron chi connectivity index (χ4n) is 2.08. The van der Waals surface area contributed by atoms with Gasteiger partial charge in [0.1, 0.15) is 5.75 Å². The van der Waals surface area contributed by atoms with E-state index in [0.717, 1.165) is 23.7 Å². The summed E-state index contributed by atoms with van der Waals surface area (Å²) in [5.74, 6) is 0.621. The van der Waals surface area contributed by atoms with Gasteiger partial charge in [0.25, 0.3) is 5.91 Å². The van der Waals surface area contributed by atoms with Crippen LogP contribution in [0.5, 0.6) is 5.75 Å². The quantitative estimate of drug-likeness (QED) is 0.871. The van der Waals surface area contributed by atoms with E-state index in [-0.39, 0.29) is 25.2 Å². The predicted molar refractivity (Wildman–Crippen MR) is 76.1 cm³/mol. The van der Waals surface area contributed by atoms with Gasteiger partial charge in [0, 0.05) is 17.1 Å². The molecule has 1 saturated carbocycles. The second-order valence-electron chi connectivity index (χ2n) is 4.64. The van der Waals surface area contributed by atoms with Crippen molar-refractivity contribution in [3.8, 4) is 5.75 Å². The van der Waals surface area contributed by atoms with E-state index >= 15 is 0 Å². The van der Waals surface area contributed by atoms with Crippen LogP contribution >= 0.6 is 15.9 Å². The minimum atomic E-state index is -0.0540. The highest BCUT2D eigenvalue weighted by molar-refractivity contribution is 9.10. The zero-order valence-electron chi connectivity index (χ0n) is 10.7. The molecule has 0 radical (unpaired) electrons. The number of halogens is 1. The molecule has 4 nitrogen and oxygen atoms in total. The standard InChI is InChI=1S/C14H18BrNO3/c15-11-4-6-13(7-5-11)19-10-14(18)16(8-9-17)12-2-1-3-12/h4-7,12,17H,1-3,8-10H2. The van der Waals surface area contributed by atoms with Gasteiger partial charge in [-0.2, -0.15) is 0 Å². The maximum absolute atomic E-state index is 12.1. The van der Waals surface area contributed by atoms with Crippen molar-refractivity contribution in [1.29, 1.82) is 0 Å². The van der Waals surface area contributed by atoms with Crippen LogP contribution in [0.15, 0.2) is 28.7 Å². The molecule has 0 atom stereocenters. The molecule has 19 heavy (non-hydrogen) atoms. The lowest BCUT2D eigenvalue weighted by atomic mass is 9.91. The van der Waals surface area contributed by atoms with Gasteiger partial charge in [-0.1, -0.05) is 15.9 Å². The van der Waals surface area contributed by atoms with E-state index in [9.17, 15) is 4.79 Å². The van der Waals surface area contributed by atoms with Gasteiger partial charge in [0.15, 0.2) is 6.61 Å². The first-order valence-corrected chi connectivity index (χ1v) is 7.28. The Morgan fingerprint density at radius 2 is 2.05 bits per heavy atom. The van der Waals surface area contributed by atoms with Crippen molar-refractivity contribution in [2.75, 3.05) is 19.8 Å². The number of hydrogen-bond donors (Lipinski definition) is 1. The van der Waals surface area contributed by atoms with Gasteiger partial charge < -0.3 is 14.7 Å². The summed E-state index contributed by atoms with van der Waals surface area (Å²) < 4.78 is 6.45. The van der Waals surface area contributed by atoms with Crippen molar-refractivity contribution >= 4 is 21.8 Å². The number of ether oxygens (including phenoxy) is 1. The lowest BCUT2D eigenvalue weighted by Crippen LogP contribution is -2.47. The predicted octanol–water partition coefficient (Wildman–Crippen LogP) is 2.20. The van der Waals surface area contributed by atoms with E-state index < -0.39 is 0 Å². The van der Waals surface area contributed by atoms with Crippen molar-refractivity contribution in [1.82, 2.24) is 4.90 Å². The van der Waals surface area contributed by atoms with Crippen LogP contribution in [0.3, 0.4) is 0 Å². The summed E-state index contributed by atoms with van der Waals surface area (Å²) in [6.07, 6.45) is 3.22. The van der Waals surface area contributed by atoms with Crippen LogP contribution in [-0.4, -0.2) is 41.7 Å². The van der Waals surface area contributed by atoms with Crippen LogP contribution in [0.25, 0.3) is 0 Å². The fourth-order valence-corrected chi connectivity index (χ4v) is 2.34. The molecule has 0 aromatic heterocycles. The third-order valence-corrected chi connectivity index (χ3v) is 3.88. The van der Waals surface area contributed by atoms with Crippen molar-refractivity contribution in [3.63, 3.8) is 0 Å². The Bertz CT molecular complexity index is 417. The highest BCUT2D eigenvalue weighted by Gasteiger charge is 2.28. The average Bonchev–Trinajstić information content (AvgIpc) is 2.35. The number of carbonyl (C=O) groups is 1. The largest absolute Gasteiger partial charge is 0.484 e. The molecule has 1 aromatic carbocycles. The van der Waals surface area contributed by atoms with Gasteiger partial charge >= 0.3 is 0 Å². The summed E-state index contributed by atoms with van der Waals surface area (Å²) in [4.78, 5) is 13.8. The van der Waals surface area contributed by atoms with Gasteiger partial charge in [-0.25, -0.2) is 0 Å². The van der Waals surface area contributed by atoms with Gasteiger partial charge in [-0.15, -0.1) is 0 Å². The number of amides is 1. The van der Waals surface area contributed by atoms with Crippen LogP contribution in [-0.2, 0) is 4.79 Å². The molecule has 1 N–H and O–H groups in total. The molecule has 5 heteroatoms. The average molecular weight is 328 g/mol. The summed E-state index contributed by atoms with van der Waals surface area (Å²) in [6, 6.07) is 7.66. The SMILES string of the molecule is O=C(COc1ccc(Br)cc1)N(CCO)C1CCC1. The van der Waals surface area contributed by atoms with Crippen molar-refractivity contribution < 1.29 is 14.6 Å². The van der Waals surface area contributed by atoms with Crippen LogP contribution < -0.4 is 4.74 Å². The third kappa shape index (κ3) is 3.94. The normalized spacial score (nSPS) is 14.8. The molecule has 104 valence electrons. The first kappa shape index (κ1) is 14.3. The number of hydrogen-bond acceptors (Lipinski definition) is 3. The lowest BCUT2D eigenvalue weighted by Gasteiger charge is -2.37. The summed E-state index contributed by atoms with van der Waals surface area (Å²) >= 11 is 3.35. The lowest BCUT2D eigenvalue weighted by molar-refractivity contribution is -0.138. The van der Waals surface area contributed by atoms with Gasteiger partial charge in [0.05, 0.1) is 6.61 Å². The monoisotopic (exact) mass is 327 g/mol. The molecule has 1 aliphatic carbocycles. The highest BCUT2D eigenvalue weighted by atomic mass is 79.9. The van der Waals surface area contributed by atoms with E-state index in [1.165, 1.54) is 0 Å². The molecular formula is C14H18BrNO3. The van der Waals surface area contributed by atoms with E-state index in [1.54, 1.807) is 4.90 Å². The number of rotatable bonds is 6. The van der Waals surface area contributed by atoms with E-state index in [1.807, 2.05) is 24.3 Å². The number of nitrogens with zero attached hydrogens (tertiary/aromatic N) is 1. The molecule has 1 aliphatic rings. The Morgan fingerprint density at radius 1 is 1.37 bits per heavy atom. The molecule has 0 heterocycles. The Kier molecular flexibility index (Phi) is 5.22.